The van der Waals surface area contributed by atoms with Gasteiger partial charge in [-0.15, -0.1) is 17.8 Å². The van der Waals surface area contributed by atoms with Gasteiger partial charge in [-0.1, -0.05) is 5.92 Å². The van der Waals surface area contributed by atoms with Crippen molar-refractivity contribution < 1.29 is 0 Å². The summed E-state index contributed by atoms with van der Waals surface area (Å²) in [5.74, 6) is 2.61. The molecular weight excluding hydrogens is 194 g/mol. The van der Waals surface area contributed by atoms with Gasteiger partial charge in [0.1, 0.15) is 5.01 Å². The van der Waals surface area contributed by atoms with Crippen LogP contribution in [0.15, 0.2) is 5.38 Å². The molecule has 1 heterocycles. The summed E-state index contributed by atoms with van der Waals surface area (Å²) in [6.07, 6.45) is 5.22. The first-order valence-corrected chi connectivity index (χ1v) is 5.34. The maximum absolute atomic E-state index is 5.22. The average Bonchev–Trinajstić information content (AvgIpc) is 2.53. The monoisotopic (exact) mass is 209 g/mol. The summed E-state index contributed by atoms with van der Waals surface area (Å²) in [6, 6.07) is 0. The average molecular weight is 209 g/mol. The predicted molar refractivity (Wildman–Crippen MR) is 60.0 cm³/mol. The van der Waals surface area contributed by atoms with Crippen LogP contribution in [0, 0.1) is 12.3 Å². The molecule has 3 nitrogen and oxygen atoms in total. The van der Waals surface area contributed by atoms with Crippen molar-refractivity contribution in [1.82, 2.24) is 15.2 Å². The van der Waals surface area contributed by atoms with E-state index in [1.165, 1.54) is 0 Å². The van der Waals surface area contributed by atoms with Gasteiger partial charge < -0.3 is 5.32 Å². The number of hydrogen-bond acceptors (Lipinski definition) is 4. The fraction of sp³-hybridized carbons (Fsp3) is 0.500. The van der Waals surface area contributed by atoms with E-state index in [1.807, 2.05) is 14.1 Å². The molecule has 0 saturated carbocycles. The van der Waals surface area contributed by atoms with Crippen molar-refractivity contribution in [2.45, 2.75) is 13.1 Å². The third kappa shape index (κ3) is 3.46. The Morgan fingerprint density at radius 2 is 2.50 bits per heavy atom. The number of nitrogens with one attached hydrogen (secondary N) is 1. The first kappa shape index (κ1) is 11.2. The second-order valence-corrected chi connectivity index (χ2v) is 4.08. The van der Waals surface area contributed by atoms with Gasteiger partial charge in [-0.25, -0.2) is 4.98 Å². The second kappa shape index (κ2) is 5.76. The highest BCUT2D eigenvalue weighted by Crippen LogP contribution is 2.10. The van der Waals surface area contributed by atoms with Crippen molar-refractivity contribution in [3.63, 3.8) is 0 Å². The minimum Gasteiger partial charge on any atom is -0.314 e. The molecule has 4 heteroatoms. The van der Waals surface area contributed by atoms with Crippen LogP contribution < -0.4 is 5.32 Å². The second-order valence-electron chi connectivity index (χ2n) is 3.14. The van der Waals surface area contributed by atoms with Gasteiger partial charge >= 0.3 is 0 Å². The Kier molecular flexibility index (Phi) is 4.60. The summed E-state index contributed by atoms with van der Waals surface area (Å²) in [6.45, 7) is 2.33. The molecule has 1 rings (SSSR count). The lowest BCUT2D eigenvalue weighted by molar-refractivity contribution is 0.365. The number of rotatable bonds is 5. The maximum Gasteiger partial charge on any atom is 0.107 e. The molecule has 0 fully saturated rings. The highest BCUT2D eigenvalue weighted by atomic mass is 32.1. The molecule has 0 atom stereocenters. The zero-order valence-corrected chi connectivity index (χ0v) is 9.40. The van der Waals surface area contributed by atoms with Crippen LogP contribution in [0.3, 0.4) is 0 Å². The third-order valence-electron chi connectivity index (χ3n) is 1.72. The van der Waals surface area contributed by atoms with E-state index in [2.05, 4.69) is 26.5 Å². The summed E-state index contributed by atoms with van der Waals surface area (Å²) in [7, 11) is 3.92. The Labute approximate surface area is 89.2 Å². The Morgan fingerprint density at radius 1 is 1.71 bits per heavy atom. The van der Waals surface area contributed by atoms with Crippen LogP contribution in [0.4, 0.5) is 0 Å². The summed E-state index contributed by atoms with van der Waals surface area (Å²) in [5.41, 5.74) is 1.10. The van der Waals surface area contributed by atoms with Crippen LogP contribution in [0.5, 0.6) is 0 Å². The van der Waals surface area contributed by atoms with Gasteiger partial charge in [0.2, 0.25) is 0 Å². The van der Waals surface area contributed by atoms with E-state index >= 15 is 0 Å². The lowest BCUT2D eigenvalue weighted by Gasteiger charge is -2.10. The molecule has 0 aliphatic rings. The maximum atomic E-state index is 5.22. The van der Waals surface area contributed by atoms with Crippen LogP contribution in [0.2, 0.25) is 0 Å². The standard InChI is InChI=1S/C10H15N3S/c1-4-5-13(3)7-9-8-14-10(12-9)6-11-2/h1,8,11H,5-7H2,2-3H3. The van der Waals surface area contributed by atoms with Crippen LogP contribution in [-0.2, 0) is 13.1 Å². The SMILES string of the molecule is C#CCN(C)Cc1csc(CNC)n1. The Balaban J connectivity index is 2.47. The summed E-state index contributed by atoms with van der Waals surface area (Å²) in [5, 5.41) is 6.28. The Bertz CT molecular complexity index is 313. The number of terminal acetylenes is 1. The van der Waals surface area contributed by atoms with Gasteiger partial charge in [0, 0.05) is 18.5 Å². The van der Waals surface area contributed by atoms with Gasteiger partial charge in [-0.3, -0.25) is 4.90 Å². The van der Waals surface area contributed by atoms with E-state index in [-0.39, 0.29) is 0 Å². The topological polar surface area (TPSA) is 28.2 Å². The highest BCUT2D eigenvalue weighted by molar-refractivity contribution is 7.09. The van der Waals surface area contributed by atoms with Crippen molar-refractivity contribution in [1.29, 1.82) is 0 Å². The summed E-state index contributed by atoms with van der Waals surface area (Å²) < 4.78 is 0. The smallest absolute Gasteiger partial charge is 0.107 e. The fourth-order valence-electron chi connectivity index (χ4n) is 1.14. The molecule has 0 aromatic carbocycles. The summed E-state index contributed by atoms with van der Waals surface area (Å²) >= 11 is 1.68. The number of nitrogens with zero attached hydrogens (tertiary/aromatic N) is 2. The molecule has 76 valence electrons. The zero-order chi connectivity index (χ0) is 10.4. The predicted octanol–water partition coefficient (Wildman–Crippen LogP) is 0.927. The van der Waals surface area contributed by atoms with Gasteiger partial charge in [-0.2, -0.15) is 0 Å². The number of thiazole rings is 1. The van der Waals surface area contributed by atoms with Crippen LogP contribution in [0.25, 0.3) is 0 Å². The van der Waals surface area contributed by atoms with Gasteiger partial charge in [0.15, 0.2) is 0 Å². The van der Waals surface area contributed by atoms with Crippen molar-refractivity contribution in [2.75, 3.05) is 20.6 Å². The minimum absolute atomic E-state index is 0.666. The summed E-state index contributed by atoms with van der Waals surface area (Å²) in [4.78, 5) is 6.54. The molecule has 0 amide bonds. The van der Waals surface area contributed by atoms with Gasteiger partial charge in [0.25, 0.3) is 0 Å². The van der Waals surface area contributed by atoms with E-state index in [0.29, 0.717) is 6.54 Å². The van der Waals surface area contributed by atoms with Crippen molar-refractivity contribution in [2.24, 2.45) is 0 Å². The molecule has 1 N–H and O–H groups in total. The van der Waals surface area contributed by atoms with Crippen LogP contribution in [0.1, 0.15) is 10.7 Å². The van der Waals surface area contributed by atoms with Gasteiger partial charge in [-0.05, 0) is 14.1 Å². The normalized spacial score (nSPS) is 10.4. The molecule has 0 spiro atoms. The molecule has 1 aromatic heterocycles. The van der Waals surface area contributed by atoms with E-state index in [9.17, 15) is 0 Å². The number of aromatic nitrogens is 1. The zero-order valence-electron chi connectivity index (χ0n) is 8.58. The molecule has 14 heavy (non-hydrogen) atoms. The first-order valence-electron chi connectivity index (χ1n) is 4.46. The molecular formula is C10H15N3S. The fourth-order valence-corrected chi connectivity index (χ4v) is 1.94. The van der Waals surface area contributed by atoms with Crippen molar-refractivity contribution in [3.05, 3.63) is 16.1 Å². The van der Waals surface area contributed by atoms with Crippen LogP contribution in [-0.4, -0.2) is 30.5 Å². The van der Waals surface area contributed by atoms with E-state index < -0.39 is 0 Å². The Morgan fingerprint density at radius 3 is 3.14 bits per heavy atom. The molecule has 0 aliphatic carbocycles. The van der Waals surface area contributed by atoms with Gasteiger partial charge in [0.05, 0.1) is 12.2 Å². The molecule has 0 bridgehead atoms. The molecule has 0 unspecified atom stereocenters. The largest absolute Gasteiger partial charge is 0.314 e. The minimum atomic E-state index is 0.666. The lowest BCUT2D eigenvalue weighted by atomic mass is 10.4. The van der Waals surface area contributed by atoms with E-state index in [1.54, 1.807) is 11.3 Å². The lowest BCUT2D eigenvalue weighted by Crippen LogP contribution is -2.18. The molecule has 1 aromatic rings. The first-order chi connectivity index (χ1) is 6.76. The quantitative estimate of drug-likeness (QED) is 0.731. The highest BCUT2D eigenvalue weighted by Gasteiger charge is 2.03. The molecule has 0 radical (unpaired) electrons. The van der Waals surface area contributed by atoms with Crippen molar-refractivity contribution >= 4 is 11.3 Å². The number of hydrogen-bond donors (Lipinski definition) is 1. The van der Waals surface area contributed by atoms with Crippen molar-refractivity contribution in [3.8, 4) is 12.3 Å². The Hall–Kier alpha value is -0.890. The molecule has 0 saturated heterocycles. The molecule has 0 aliphatic heterocycles. The van der Waals surface area contributed by atoms with E-state index in [4.69, 9.17) is 6.42 Å². The van der Waals surface area contributed by atoms with E-state index in [0.717, 1.165) is 23.8 Å². The van der Waals surface area contributed by atoms with Crippen LogP contribution >= 0.6 is 11.3 Å². The third-order valence-corrected chi connectivity index (χ3v) is 2.62.